The molecule has 0 unspecified atom stereocenters. The summed E-state index contributed by atoms with van der Waals surface area (Å²) in [5, 5.41) is 4.92. The number of fused-ring (bicyclic) bond motifs is 7. The number of anilines is 3. The van der Waals surface area contributed by atoms with Crippen molar-refractivity contribution < 1.29 is 0 Å². The summed E-state index contributed by atoms with van der Waals surface area (Å²) in [5.41, 5.74) is 19.6. The maximum Gasteiger partial charge on any atom is 0.0542 e. The van der Waals surface area contributed by atoms with Gasteiger partial charge in [0.1, 0.15) is 0 Å². The Morgan fingerprint density at radius 2 is 1.06 bits per heavy atom. The average molecular weight is 791 g/mol. The van der Waals surface area contributed by atoms with Gasteiger partial charge in [-0.05, 0) is 128 Å². The molecule has 2 nitrogen and oxygen atoms in total. The van der Waals surface area contributed by atoms with E-state index in [2.05, 4.69) is 240 Å². The summed E-state index contributed by atoms with van der Waals surface area (Å²) >= 11 is 0. The molecule has 0 aliphatic heterocycles. The minimum atomic E-state index is 1.01. The Balaban J connectivity index is 1.09. The standard InChI is InChI=1S/C60H42N2/c1-4-17-41(18-5-1)42-31-33-46(34-32-42)61(48-36-38-58-54(39-48)52-27-14-15-29-57(52)62(58)56-30-16-24-43-19-10-11-25-49(43)56)47-35-37-51-50-26-12-13-28-53(50)60(55(51)40-47)59(44-20-6-2-7-21-44)45-22-8-3-9-23-45/h1-8,10-22,24-40H,9,23H2/b60-59-. The SMILES string of the molecule is C1=CCCC(/C(=C2/c3ccccc3-c3ccc(N(c4ccc(-c5ccccc5)cc4)c4ccc5c(c4)c4ccccc4n5-c4cccc5ccccc45)cc32)c2ccccc2)=C1. The highest BCUT2D eigenvalue weighted by molar-refractivity contribution is 6.15. The number of benzene rings is 9. The third-order valence-corrected chi connectivity index (χ3v) is 12.8. The molecule has 0 saturated heterocycles. The van der Waals surface area contributed by atoms with Crippen LogP contribution in [-0.2, 0) is 0 Å². The number of aromatic nitrogens is 1. The number of para-hydroxylation sites is 1. The van der Waals surface area contributed by atoms with Crippen molar-refractivity contribution >= 4 is 60.8 Å². The molecule has 0 bridgehead atoms. The molecule has 2 heteroatoms. The Labute approximate surface area is 362 Å². The lowest BCUT2D eigenvalue weighted by Gasteiger charge is -2.27. The molecule has 0 fully saturated rings. The van der Waals surface area contributed by atoms with Crippen molar-refractivity contribution in [2.45, 2.75) is 12.8 Å². The maximum atomic E-state index is 2.45. The van der Waals surface area contributed by atoms with Crippen LogP contribution >= 0.6 is 0 Å². The predicted molar refractivity (Wildman–Crippen MR) is 263 cm³/mol. The van der Waals surface area contributed by atoms with E-state index < -0.39 is 0 Å². The van der Waals surface area contributed by atoms with Crippen molar-refractivity contribution in [1.29, 1.82) is 0 Å². The van der Waals surface area contributed by atoms with E-state index in [1.165, 1.54) is 93.9 Å². The van der Waals surface area contributed by atoms with Gasteiger partial charge in [-0.2, -0.15) is 0 Å². The quantitative estimate of drug-likeness (QED) is 0.156. The van der Waals surface area contributed by atoms with Gasteiger partial charge in [-0.15, -0.1) is 0 Å². The second-order valence-corrected chi connectivity index (χ2v) is 16.4. The Morgan fingerprint density at radius 3 is 1.89 bits per heavy atom. The first kappa shape index (κ1) is 36.0. The van der Waals surface area contributed by atoms with E-state index in [1.807, 2.05) is 0 Å². The van der Waals surface area contributed by atoms with Crippen LogP contribution in [0.3, 0.4) is 0 Å². The minimum absolute atomic E-state index is 1.01. The molecule has 62 heavy (non-hydrogen) atoms. The van der Waals surface area contributed by atoms with Gasteiger partial charge in [-0.1, -0.05) is 176 Å². The topological polar surface area (TPSA) is 8.17 Å². The van der Waals surface area contributed by atoms with Crippen LogP contribution in [0.1, 0.15) is 29.5 Å². The highest BCUT2D eigenvalue weighted by Gasteiger charge is 2.29. The Kier molecular flexibility index (Phi) is 8.67. The van der Waals surface area contributed by atoms with Crippen molar-refractivity contribution in [3.8, 4) is 27.9 Å². The molecule has 2 aliphatic rings. The van der Waals surface area contributed by atoms with Crippen LogP contribution in [0.5, 0.6) is 0 Å². The molecule has 0 radical (unpaired) electrons. The van der Waals surface area contributed by atoms with Crippen molar-refractivity contribution in [2.75, 3.05) is 4.90 Å². The van der Waals surface area contributed by atoms with Crippen LogP contribution in [0, 0.1) is 0 Å². The molecule has 0 amide bonds. The van der Waals surface area contributed by atoms with Crippen molar-refractivity contribution in [3.05, 3.63) is 253 Å². The fourth-order valence-corrected chi connectivity index (χ4v) is 10.0. The first-order valence-corrected chi connectivity index (χ1v) is 21.7. The molecule has 292 valence electrons. The van der Waals surface area contributed by atoms with Gasteiger partial charge < -0.3 is 9.47 Å². The smallest absolute Gasteiger partial charge is 0.0542 e. The van der Waals surface area contributed by atoms with Gasteiger partial charge in [0, 0.05) is 33.2 Å². The van der Waals surface area contributed by atoms with Crippen LogP contribution < -0.4 is 4.90 Å². The zero-order valence-corrected chi connectivity index (χ0v) is 34.2. The lowest BCUT2D eigenvalue weighted by molar-refractivity contribution is 0.996. The third kappa shape index (κ3) is 5.95. The average Bonchev–Trinajstić information content (AvgIpc) is 3.85. The zero-order valence-electron chi connectivity index (χ0n) is 34.2. The summed E-state index contributed by atoms with van der Waals surface area (Å²) in [6.07, 6.45) is 8.88. The molecule has 1 aromatic heterocycles. The molecule has 10 aromatic rings. The van der Waals surface area contributed by atoms with Crippen molar-refractivity contribution in [3.63, 3.8) is 0 Å². The van der Waals surface area contributed by atoms with E-state index in [4.69, 9.17) is 0 Å². The normalized spacial score (nSPS) is 13.9. The van der Waals surface area contributed by atoms with E-state index >= 15 is 0 Å². The van der Waals surface area contributed by atoms with Gasteiger partial charge in [-0.25, -0.2) is 0 Å². The van der Waals surface area contributed by atoms with Crippen LogP contribution in [0.2, 0.25) is 0 Å². The van der Waals surface area contributed by atoms with Crippen LogP contribution in [0.15, 0.2) is 236 Å². The number of hydrogen-bond donors (Lipinski definition) is 0. The molecule has 0 spiro atoms. The van der Waals surface area contributed by atoms with Crippen LogP contribution in [-0.4, -0.2) is 4.57 Å². The van der Waals surface area contributed by atoms with E-state index in [0.29, 0.717) is 0 Å². The van der Waals surface area contributed by atoms with Gasteiger partial charge in [0.25, 0.3) is 0 Å². The summed E-state index contributed by atoms with van der Waals surface area (Å²) < 4.78 is 2.44. The lowest BCUT2D eigenvalue weighted by Crippen LogP contribution is -2.10. The largest absolute Gasteiger partial charge is 0.310 e. The molecule has 12 rings (SSSR count). The Hall–Kier alpha value is -7.94. The molecule has 2 aliphatic carbocycles. The second kappa shape index (κ2) is 15.0. The van der Waals surface area contributed by atoms with Crippen LogP contribution in [0.25, 0.3) is 71.7 Å². The van der Waals surface area contributed by atoms with Gasteiger partial charge in [0.2, 0.25) is 0 Å². The maximum absolute atomic E-state index is 2.45. The lowest BCUT2D eigenvalue weighted by atomic mass is 9.85. The molecular weight excluding hydrogens is 749 g/mol. The molecule has 9 aromatic carbocycles. The van der Waals surface area contributed by atoms with Gasteiger partial charge in [0.05, 0.1) is 16.7 Å². The molecular formula is C60H42N2. The monoisotopic (exact) mass is 790 g/mol. The number of nitrogens with zero attached hydrogens (tertiary/aromatic N) is 2. The van der Waals surface area contributed by atoms with Crippen LogP contribution in [0.4, 0.5) is 17.1 Å². The van der Waals surface area contributed by atoms with E-state index in [1.54, 1.807) is 0 Å². The zero-order chi connectivity index (χ0) is 41.0. The van der Waals surface area contributed by atoms with E-state index in [9.17, 15) is 0 Å². The summed E-state index contributed by atoms with van der Waals surface area (Å²) in [4.78, 5) is 2.45. The van der Waals surface area contributed by atoms with E-state index in [0.717, 1.165) is 29.9 Å². The number of allylic oxidation sites excluding steroid dienone is 5. The summed E-state index contributed by atoms with van der Waals surface area (Å²) in [6, 6.07) is 78.0. The fourth-order valence-electron chi connectivity index (χ4n) is 10.0. The highest BCUT2D eigenvalue weighted by Crippen LogP contribution is 2.52. The Bertz CT molecular complexity index is 3430. The molecule has 1 heterocycles. The predicted octanol–water partition coefficient (Wildman–Crippen LogP) is 16.3. The first-order chi connectivity index (χ1) is 30.8. The fraction of sp³-hybridized carbons (Fsp3) is 0.0333. The van der Waals surface area contributed by atoms with Crippen molar-refractivity contribution in [1.82, 2.24) is 4.57 Å². The summed E-state index contributed by atoms with van der Waals surface area (Å²) in [6.45, 7) is 0. The summed E-state index contributed by atoms with van der Waals surface area (Å²) in [5.74, 6) is 0. The van der Waals surface area contributed by atoms with E-state index in [-0.39, 0.29) is 0 Å². The Morgan fingerprint density at radius 1 is 0.435 bits per heavy atom. The van der Waals surface area contributed by atoms with Gasteiger partial charge in [0.15, 0.2) is 0 Å². The minimum Gasteiger partial charge on any atom is -0.310 e. The third-order valence-electron chi connectivity index (χ3n) is 12.8. The number of rotatable bonds is 7. The van der Waals surface area contributed by atoms with Crippen molar-refractivity contribution in [2.24, 2.45) is 0 Å². The number of hydrogen-bond acceptors (Lipinski definition) is 1. The molecule has 0 N–H and O–H groups in total. The second-order valence-electron chi connectivity index (χ2n) is 16.4. The molecule has 0 saturated carbocycles. The van der Waals surface area contributed by atoms with Gasteiger partial charge >= 0.3 is 0 Å². The molecule has 0 atom stereocenters. The summed E-state index contributed by atoms with van der Waals surface area (Å²) in [7, 11) is 0. The van der Waals surface area contributed by atoms with Gasteiger partial charge in [-0.3, -0.25) is 0 Å². The first-order valence-electron chi connectivity index (χ1n) is 21.7. The highest BCUT2D eigenvalue weighted by atomic mass is 15.1.